The molecule has 1 aromatic carbocycles. The lowest BCUT2D eigenvalue weighted by Crippen LogP contribution is -2.19. The lowest BCUT2D eigenvalue weighted by atomic mass is 10.3. The first-order valence-corrected chi connectivity index (χ1v) is 11.0. The first-order valence-electron chi connectivity index (χ1n) is 9.37. The van der Waals surface area contributed by atoms with Gasteiger partial charge in [0.1, 0.15) is 11.3 Å². The molecule has 0 fully saturated rings. The molecule has 0 N–H and O–H groups in total. The fraction of sp³-hybridized carbons (Fsp3) is 0.300. The molecule has 30 heavy (non-hydrogen) atoms. The summed E-state index contributed by atoms with van der Waals surface area (Å²) in [6.07, 6.45) is 2.85. The third-order valence-electron chi connectivity index (χ3n) is 4.02. The van der Waals surface area contributed by atoms with Crippen LogP contribution in [0.5, 0.6) is 5.75 Å². The molecule has 0 aliphatic rings. The van der Waals surface area contributed by atoms with Gasteiger partial charge in [-0.2, -0.15) is 4.99 Å². The van der Waals surface area contributed by atoms with Crippen LogP contribution in [0.15, 0.2) is 41.4 Å². The Morgan fingerprint density at radius 1 is 1.23 bits per heavy atom. The van der Waals surface area contributed by atoms with Crippen LogP contribution in [0.2, 0.25) is 0 Å². The second kappa shape index (κ2) is 10.3. The van der Waals surface area contributed by atoms with Crippen molar-refractivity contribution in [2.75, 3.05) is 19.8 Å². The van der Waals surface area contributed by atoms with E-state index in [1.54, 1.807) is 6.07 Å². The average molecular weight is 448 g/mol. The predicted octanol–water partition coefficient (Wildman–Crippen LogP) is 4.25. The number of hydrogen-bond donors (Lipinski definition) is 0. The van der Waals surface area contributed by atoms with E-state index in [0.29, 0.717) is 36.0 Å². The van der Waals surface area contributed by atoms with Crippen molar-refractivity contribution in [3.63, 3.8) is 0 Å². The zero-order valence-corrected chi connectivity index (χ0v) is 18.2. The van der Waals surface area contributed by atoms with E-state index >= 15 is 0 Å². The number of thiazole rings is 1. The highest BCUT2D eigenvalue weighted by Gasteiger charge is 2.12. The molecule has 8 nitrogen and oxygen atoms in total. The molecule has 0 saturated heterocycles. The zero-order valence-electron chi connectivity index (χ0n) is 16.6. The molecule has 0 atom stereocenters. The van der Waals surface area contributed by atoms with E-state index in [1.807, 2.05) is 36.6 Å². The molecule has 0 aliphatic heterocycles. The van der Waals surface area contributed by atoms with Gasteiger partial charge in [0.2, 0.25) is 0 Å². The van der Waals surface area contributed by atoms with Crippen LogP contribution in [-0.2, 0) is 16.1 Å². The van der Waals surface area contributed by atoms with Gasteiger partial charge in [-0.25, -0.2) is 0 Å². The van der Waals surface area contributed by atoms with Crippen molar-refractivity contribution in [3.8, 4) is 5.75 Å². The van der Waals surface area contributed by atoms with Gasteiger partial charge in [0.05, 0.1) is 22.8 Å². The Balaban J connectivity index is 1.95. The molecule has 2 aromatic heterocycles. The minimum absolute atomic E-state index is 0.0285. The van der Waals surface area contributed by atoms with Gasteiger partial charge in [0.15, 0.2) is 4.80 Å². The van der Waals surface area contributed by atoms with Crippen LogP contribution < -0.4 is 9.54 Å². The predicted molar refractivity (Wildman–Crippen MR) is 118 cm³/mol. The van der Waals surface area contributed by atoms with Crippen LogP contribution in [0.1, 0.15) is 18.7 Å². The fourth-order valence-electron chi connectivity index (χ4n) is 2.78. The molecule has 0 spiro atoms. The molecular formula is C20H21N3O5S2. The number of amides is 1. The smallest absolute Gasteiger partial charge is 0.324 e. The Bertz CT molecular complexity index is 1140. The Kier molecular flexibility index (Phi) is 7.50. The number of ether oxygens (including phenoxy) is 2. The standard InChI is InChI=1S/C20H21N3O5S2/c1-3-27-13-12-22-19-15(28-4-2)6-5-7-16(19)30-20(22)21-17(24)10-8-14-9-11-18(29-14)23(25)26/h5-11H,3-4,12-13H2,1-2H3/b10-8+,21-20?. The minimum Gasteiger partial charge on any atom is -0.492 e. The molecule has 0 aliphatic carbocycles. The highest BCUT2D eigenvalue weighted by molar-refractivity contribution is 7.16. The number of nitrogens with zero attached hydrogens (tertiary/aromatic N) is 3. The van der Waals surface area contributed by atoms with Gasteiger partial charge in [-0.3, -0.25) is 14.9 Å². The molecule has 3 rings (SSSR count). The summed E-state index contributed by atoms with van der Waals surface area (Å²) in [6, 6.07) is 8.78. The van der Waals surface area contributed by atoms with Crippen molar-refractivity contribution in [1.82, 2.24) is 4.57 Å². The topological polar surface area (TPSA) is 96.0 Å². The molecule has 0 unspecified atom stereocenters. The number of fused-ring (bicyclic) bond motifs is 1. The van der Waals surface area contributed by atoms with E-state index in [-0.39, 0.29) is 5.00 Å². The minimum atomic E-state index is -0.456. The Morgan fingerprint density at radius 2 is 2.07 bits per heavy atom. The third-order valence-corrected chi connectivity index (χ3v) is 6.06. The maximum atomic E-state index is 12.4. The highest BCUT2D eigenvalue weighted by atomic mass is 32.1. The summed E-state index contributed by atoms with van der Waals surface area (Å²) in [5.41, 5.74) is 0.883. The molecule has 1 amide bonds. The lowest BCUT2D eigenvalue weighted by molar-refractivity contribution is -0.380. The number of carbonyl (C=O) groups excluding carboxylic acids is 1. The number of para-hydroxylation sites is 1. The molecule has 3 aromatic rings. The summed E-state index contributed by atoms with van der Waals surface area (Å²) in [5.74, 6) is 0.291. The Labute approximate surface area is 180 Å². The maximum absolute atomic E-state index is 12.4. The number of aromatic nitrogens is 1. The number of carbonyl (C=O) groups is 1. The van der Waals surface area contributed by atoms with Crippen molar-refractivity contribution in [1.29, 1.82) is 0 Å². The number of hydrogen-bond acceptors (Lipinski definition) is 7. The fourth-order valence-corrected chi connectivity index (χ4v) is 4.58. The maximum Gasteiger partial charge on any atom is 0.324 e. The van der Waals surface area contributed by atoms with Gasteiger partial charge in [0.25, 0.3) is 5.91 Å². The van der Waals surface area contributed by atoms with Gasteiger partial charge in [-0.05, 0) is 38.1 Å². The van der Waals surface area contributed by atoms with E-state index < -0.39 is 10.8 Å². The lowest BCUT2D eigenvalue weighted by Gasteiger charge is -2.09. The Hall–Kier alpha value is -2.82. The largest absolute Gasteiger partial charge is 0.492 e. The number of thiophene rings is 1. The monoisotopic (exact) mass is 447 g/mol. The van der Waals surface area contributed by atoms with Crippen molar-refractivity contribution in [2.24, 2.45) is 4.99 Å². The van der Waals surface area contributed by atoms with Crippen LogP contribution in [0.25, 0.3) is 16.3 Å². The first-order chi connectivity index (χ1) is 14.5. The second-order valence-corrected chi connectivity index (χ2v) is 8.09. The van der Waals surface area contributed by atoms with Gasteiger partial charge in [-0.15, -0.1) is 0 Å². The van der Waals surface area contributed by atoms with E-state index in [0.717, 1.165) is 27.3 Å². The normalized spacial score (nSPS) is 12.1. The third kappa shape index (κ3) is 5.21. The SMILES string of the molecule is CCOCCn1c(=NC(=O)/C=C/c2ccc([N+](=O)[O-])s2)sc2cccc(OCC)c21. The number of nitro groups is 1. The van der Waals surface area contributed by atoms with Crippen LogP contribution in [0, 0.1) is 10.1 Å². The second-order valence-electron chi connectivity index (χ2n) is 5.99. The van der Waals surface area contributed by atoms with E-state index in [9.17, 15) is 14.9 Å². The zero-order chi connectivity index (χ0) is 21.5. The summed E-state index contributed by atoms with van der Waals surface area (Å²) in [5, 5.41) is 10.8. The van der Waals surface area contributed by atoms with Crippen molar-refractivity contribution in [3.05, 3.63) is 56.2 Å². The molecular weight excluding hydrogens is 426 g/mol. The van der Waals surface area contributed by atoms with Crippen LogP contribution in [0.3, 0.4) is 0 Å². The summed E-state index contributed by atoms with van der Waals surface area (Å²) in [4.78, 5) is 28.2. The van der Waals surface area contributed by atoms with Gasteiger partial charge in [-0.1, -0.05) is 28.7 Å². The van der Waals surface area contributed by atoms with Gasteiger partial charge in [0, 0.05) is 30.2 Å². The molecule has 0 saturated carbocycles. The molecule has 2 heterocycles. The van der Waals surface area contributed by atoms with Crippen molar-refractivity contribution >= 4 is 49.9 Å². The van der Waals surface area contributed by atoms with Crippen molar-refractivity contribution in [2.45, 2.75) is 20.4 Å². The quantitative estimate of drug-likeness (QED) is 0.211. The molecule has 10 heteroatoms. The molecule has 0 bridgehead atoms. The van der Waals surface area contributed by atoms with Crippen molar-refractivity contribution < 1.29 is 19.2 Å². The molecule has 0 radical (unpaired) electrons. The van der Waals surface area contributed by atoms with Gasteiger partial charge >= 0.3 is 5.00 Å². The number of rotatable bonds is 9. The molecule has 158 valence electrons. The van der Waals surface area contributed by atoms with E-state index in [2.05, 4.69) is 4.99 Å². The van der Waals surface area contributed by atoms with Crippen LogP contribution in [-0.4, -0.2) is 35.2 Å². The van der Waals surface area contributed by atoms with Gasteiger partial charge < -0.3 is 14.0 Å². The summed E-state index contributed by atoms with van der Waals surface area (Å²) in [6.45, 7) is 5.99. The number of benzene rings is 1. The Morgan fingerprint density at radius 3 is 2.77 bits per heavy atom. The van der Waals surface area contributed by atoms with E-state index in [1.165, 1.54) is 29.6 Å². The van der Waals surface area contributed by atoms with Crippen LogP contribution >= 0.6 is 22.7 Å². The van der Waals surface area contributed by atoms with E-state index in [4.69, 9.17) is 9.47 Å². The first kappa shape index (κ1) is 21.9. The summed E-state index contributed by atoms with van der Waals surface area (Å²) < 4.78 is 14.1. The van der Waals surface area contributed by atoms with Crippen LogP contribution in [0.4, 0.5) is 5.00 Å². The highest BCUT2D eigenvalue weighted by Crippen LogP contribution is 2.28. The average Bonchev–Trinajstić information content (AvgIpc) is 3.33. The summed E-state index contributed by atoms with van der Waals surface area (Å²) in [7, 11) is 0. The summed E-state index contributed by atoms with van der Waals surface area (Å²) >= 11 is 2.40.